The topological polar surface area (TPSA) is 37.9 Å². The Morgan fingerprint density at radius 3 is 2.84 bits per heavy atom. The van der Waals surface area contributed by atoms with Crippen LogP contribution in [-0.4, -0.2) is 23.7 Å². The van der Waals surface area contributed by atoms with Crippen molar-refractivity contribution in [2.24, 2.45) is 0 Å². The number of aromatic amines is 1. The molecular weight excluding hydrogens is 236 g/mol. The van der Waals surface area contributed by atoms with Crippen molar-refractivity contribution in [3.8, 4) is 0 Å². The van der Waals surface area contributed by atoms with Crippen LogP contribution in [-0.2, 0) is 17.6 Å². The average Bonchev–Trinajstić information content (AvgIpc) is 2.81. The van der Waals surface area contributed by atoms with Crippen LogP contribution in [0.15, 0.2) is 18.2 Å². The first-order valence-corrected chi connectivity index (χ1v) is 7.30. The fraction of sp³-hybridized carbons (Fsp3) is 0.562. The van der Waals surface area contributed by atoms with Crippen LogP contribution in [0.3, 0.4) is 0 Å². The quantitative estimate of drug-likeness (QED) is 0.731. The van der Waals surface area contributed by atoms with Gasteiger partial charge in [0, 0.05) is 20.1 Å². The number of benzene rings is 1. The van der Waals surface area contributed by atoms with Crippen molar-refractivity contribution in [1.29, 1.82) is 0 Å². The van der Waals surface area contributed by atoms with Gasteiger partial charge in [0.05, 0.1) is 11.0 Å². The van der Waals surface area contributed by atoms with E-state index in [9.17, 15) is 0 Å². The standard InChI is InChI=1S/C16H24N2O/c1-3-4-5-8-16-17-14-10-9-13(7-6-11-19-2)12-15(14)18-16/h9-10,12H,3-8,11H2,1-2H3,(H,17,18). The van der Waals surface area contributed by atoms with E-state index in [2.05, 4.69) is 35.1 Å². The van der Waals surface area contributed by atoms with E-state index in [1.807, 2.05) is 0 Å². The molecule has 3 nitrogen and oxygen atoms in total. The number of aryl methyl sites for hydroxylation is 2. The zero-order chi connectivity index (χ0) is 13.5. The van der Waals surface area contributed by atoms with Gasteiger partial charge < -0.3 is 9.72 Å². The van der Waals surface area contributed by atoms with E-state index in [0.717, 1.165) is 37.2 Å². The Morgan fingerprint density at radius 1 is 1.16 bits per heavy atom. The molecule has 0 unspecified atom stereocenters. The number of unbranched alkanes of at least 4 members (excludes halogenated alkanes) is 2. The van der Waals surface area contributed by atoms with Gasteiger partial charge in [-0.05, 0) is 37.0 Å². The van der Waals surface area contributed by atoms with Crippen LogP contribution >= 0.6 is 0 Å². The first kappa shape index (κ1) is 14.1. The van der Waals surface area contributed by atoms with E-state index in [4.69, 9.17) is 4.74 Å². The highest BCUT2D eigenvalue weighted by molar-refractivity contribution is 5.75. The third-order valence-corrected chi connectivity index (χ3v) is 3.43. The molecule has 0 radical (unpaired) electrons. The van der Waals surface area contributed by atoms with Crippen LogP contribution in [0.1, 0.15) is 44.0 Å². The van der Waals surface area contributed by atoms with E-state index < -0.39 is 0 Å². The van der Waals surface area contributed by atoms with Gasteiger partial charge in [-0.2, -0.15) is 0 Å². The maximum Gasteiger partial charge on any atom is 0.107 e. The first-order chi connectivity index (χ1) is 9.33. The zero-order valence-corrected chi connectivity index (χ0v) is 12.0. The molecule has 19 heavy (non-hydrogen) atoms. The van der Waals surface area contributed by atoms with E-state index in [0.29, 0.717) is 0 Å². The van der Waals surface area contributed by atoms with Crippen molar-refractivity contribution < 1.29 is 4.74 Å². The molecule has 2 aromatic rings. The number of imidazole rings is 1. The first-order valence-electron chi connectivity index (χ1n) is 7.30. The van der Waals surface area contributed by atoms with Gasteiger partial charge in [-0.1, -0.05) is 25.8 Å². The number of nitrogens with one attached hydrogen (secondary N) is 1. The molecule has 1 heterocycles. The van der Waals surface area contributed by atoms with Gasteiger partial charge in [0.25, 0.3) is 0 Å². The molecule has 2 rings (SSSR count). The Kier molecular flexibility index (Phi) is 5.40. The van der Waals surface area contributed by atoms with Gasteiger partial charge in [0.2, 0.25) is 0 Å². The van der Waals surface area contributed by atoms with Gasteiger partial charge in [0.15, 0.2) is 0 Å². The lowest BCUT2D eigenvalue weighted by molar-refractivity contribution is 0.195. The van der Waals surface area contributed by atoms with Gasteiger partial charge in [0.1, 0.15) is 5.82 Å². The Bertz CT molecular complexity index is 496. The average molecular weight is 260 g/mol. The normalized spacial score (nSPS) is 11.3. The minimum absolute atomic E-state index is 0.823. The summed E-state index contributed by atoms with van der Waals surface area (Å²) in [5.74, 6) is 1.12. The maximum atomic E-state index is 5.09. The van der Waals surface area contributed by atoms with E-state index in [1.54, 1.807) is 7.11 Å². The van der Waals surface area contributed by atoms with Crippen molar-refractivity contribution in [3.05, 3.63) is 29.6 Å². The zero-order valence-electron chi connectivity index (χ0n) is 12.0. The number of hydrogen-bond acceptors (Lipinski definition) is 2. The molecule has 0 aliphatic heterocycles. The predicted molar refractivity (Wildman–Crippen MR) is 79.5 cm³/mol. The Labute approximate surface area is 115 Å². The number of rotatable bonds is 8. The molecule has 3 heteroatoms. The molecule has 1 aromatic carbocycles. The highest BCUT2D eigenvalue weighted by atomic mass is 16.5. The number of nitrogens with zero attached hydrogens (tertiary/aromatic N) is 1. The number of H-pyrrole nitrogens is 1. The van der Waals surface area contributed by atoms with Gasteiger partial charge >= 0.3 is 0 Å². The summed E-state index contributed by atoms with van der Waals surface area (Å²) >= 11 is 0. The van der Waals surface area contributed by atoms with E-state index in [1.165, 1.54) is 30.3 Å². The molecule has 1 N–H and O–H groups in total. The molecule has 0 bridgehead atoms. The second-order valence-corrected chi connectivity index (χ2v) is 5.09. The SMILES string of the molecule is CCCCCc1nc2ccc(CCCOC)cc2[nH]1. The summed E-state index contributed by atoms with van der Waals surface area (Å²) in [6.07, 6.45) is 6.94. The Hall–Kier alpha value is -1.35. The molecule has 0 aliphatic carbocycles. The number of aromatic nitrogens is 2. The summed E-state index contributed by atoms with van der Waals surface area (Å²) in [4.78, 5) is 8.08. The number of hydrogen-bond donors (Lipinski definition) is 1. The largest absolute Gasteiger partial charge is 0.385 e. The van der Waals surface area contributed by atoms with Crippen LogP contribution in [0.2, 0.25) is 0 Å². The summed E-state index contributed by atoms with van der Waals surface area (Å²) in [6, 6.07) is 6.52. The summed E-state index contributed by atoms with van der Waals surface area (Å²) in [5, 5.41) is 0. The molecule has 0 amide bonds. The smallest absolute Gasteiger partial charge is 0.107 e. The van der Waals surface area contributed by atoms with Gasteiger partial charge in [-0.25, -0.2) is 4.98 Å². The van der Waals surface area contributed by atoms with Crippen molar-refractivity contribution in [3.63, 3.8) is 0 Å². The van der Waals surface area contributed by atoms with E-state index in [-0.39, 0.29) is 0 Å². The molecule has 104 valence electrons. The highest BCUT2D eigenvalue weighted by Gasteiger charge is 2.03. The van der Waals surface area contributed by atoms with Crippen LogP contribution < -0.4 is 0 Å². The lowest BCUT2D eigenvalue weighted by Crippen LogP contribution is -1.92. The van der Waals surface area contributed by atoms with Crippen LogP contribution in [0.5, 0.6) is 0 Å². The highest BCUT2D eigenvalue weighted by Crippen LogP contribution is 2.16. The summed E-state index contributed by atoms with van der Waals surface area (Å²) in [5.41, 5.74) is 3.61. The van der Waals surface area contributed by atoms with Crippen molar-refractivity contribution in [2.75, 3.05) is 13.7 Å². The molecule has 0 saturated heterocycles. The number of fused-ring (bicyclic) bond motifs is 1. The maximum absolute atomic E-state index is 5.09. The molecule has 0 fully saturated rings. The van der Waals surface area contributed by atoms with Gasteiger partial charge in [-0.3, -0.25) is 0 Å². The summed E-state index contributed by atoms with van der Waals surface area (Å²) < 4.78 is 5.09. The van der Waals surface area contributed by atoms with Crippen molar-refractivity contribution in [2.45, 2.75) is 45.4 Å². The van der Waals surface area contributed by atoms with Crippen LogP contribution in [0, 0.1) is 0 Å². The lowest BCUT2D eigenvalue weighted by Gasteiger charge is -2.00. The molecule has 1 aromatic heterocycles. The number of methoxy groups -OCH3 is 1. The molecule has 0 saturated carbocycles. The van der Waals surface area contributed by atoms with Gasteiger partial charge in [-0.15, -0.1) is 0 Å². The summed E-state index contributed by atoms with van der Waals surface area (Å²) in [7, 11) is 1.75. The third kappa shape index (κ3) is 4.06. The fourth-order valence-electron chi connectivity index (χ4n) is 2.35. The monoisotopic (exact) mass is 260 g/mol. The molecule has 0 spiro atoms. The lowest BCUT2D eigenvalue weighted by atomic mass is 10.1. The molecule has 0 atom stereocenters. The second-order valence-electron chi connectivity index (χ2n) is 5.09. The minimum Gasteiger partial charge on any atom is -0.385 e. The molecule has 0 aliphatic rings. The Morgan fingerprint density at radius 2 is 2.05 bits per heavy atom. The second kappa shape index (κ2) is 7.29. The Balaban J connectivity index is 2.01. The van der Waals surface area contributed by atoms with Crippen LogP contribution in [0.4, 0.5) is 0 Å². The van der Waals surface area contributed by atoms with Crippen molar-refractivity contribution in [1.82, 2.24) is 9.97 Å². The van der Waals surface area contributed by atoms with Crippen LogP contribution in [0.25, 0.3) is 11.0 Å². The fourth-order valence-corrected chi connectivity index (χ4v) is 2.35. The molecular formula is C16H24N2O. The van der Waals surface area contributed by atoms with Crippen molar-refractivity contribution >= 4 is 11.0 Å². The third-order valence-electron chi connectivity index (χ3n) is 3.43. The predicted octanol–water partition coefficient (Wildman–Crippen LogP) is 3.87. The van der Waals surface area contributed by atoms with E-state index >= 15 is 0 Å². The summed E-state index contributed by atoms with van der Waals surface area (Å²) in [6.45, 7) is 3.05. The number of ether oxygens (including phenoxy) is 1. The minimum atomic E-state index is 0.823.